The molecule has 0 fully saturated rings. The summed E-state index contributed by atoms with van der Waals surface area (Å²) < 4.78 is 0. The van der Waals surface area contributed by atoms with Crippen molar-refractivity contribution in [3.05, 3.63) is 46.0 Å². The standard InChI is InChI=1S/C16H14Cl3NO2/c1-8-4-6-10(7-5-8)15(22)20-12-11(17)9(2)14(21)16(3,19)13(12)18/h4-7,13H,1-3H3. The highest BCUT2D eigenvalue weighted by molar-refractivity contribution is 6.59. The molecule has 0 N–H and O–H groups in total. The van der Waals surface area contributed by atoms with Crippen molar-refractivity contribution in [1.82, 2.24) is 0 Å². The Morgan fingerprint density at radius 1 is 1.23 bits per heavy atom. The molecule has 0 spiro atoms. The molecule has 1 aromatic rings. The number of benzene rings is 1. The van der Waals surface area contributed by atoms with Crippen LogP contribution in [-0.4, -0.2) is 27.7 Å². The van der Waals surface area contributed by atoms with E-state index in [0.29, 0.717) is 5.56 Å². The second-order valence-electron chi connectivity index (χ2n) is 5.37. The first-order valence-electron chi connectivity index (χ1n) is 6.60. The summed E-state index contributed by atoms with van der Waals surface area (Å²) in [6.45, 7) is 4.96. The van der Waals surface area contributed by atoms with E-state index >= 15 is 0 Å². The average molecular weight is 359 g/mol. The SMILES string of the molecule is CC1=C(Cl)C(=NC(=O)c2ccc(C)cc2)C(Cl)C(C)(Cl)C1=O. The highest BCUT2D eigenvalue weighted by Gasteiger charge is 2.47. The number of hydrogen-bond donors (Lipinski definition) is 0. The number of hydrogen-bond acceptors (Lipinski definition) is 2. The van der Waals surface area contributed by atoms with Gasteiger partial charge in [-0.15, -0.1) is 23.2 Å². The Hall–Kier alpha value is -1.16. The summed E-state index contributed by atoms with van der Waals surface area (Å²) in [5.74, 6) is -0.839. The van der Waals surface area contributed by atoms with E-state index in [1.165, 1.54) is 6.92 Å². The molecule has 0 aliphatic heterocycles. The molecule has 6 heteroatoms. The van der Waals surface area contributed by atoms with Crippen molar-refractivity contribution < 1.29 is 9.59 Å². The molecule has 0 heterocycles. The quantitative estimate of drug-likeness (QED) is 0.704. The van der Waals surface area contributed by atoms with Crippen LogP contribution in [0.4, 0.5) is 0 Å². The largest absolute Gasteiger partial charge is 0.292 e. The number of Topliss-reactive ketones (excluding diaryl/α,β-unsaturated/α-hetero) is 1. The third kappa shape index (κ3) is 2.98. The van der Waals surface area contributed by atoms with Gasteiger partial charge in [-0.25, -0.2) is 4.99 Å². The summed E-state index contributed by atoms with van der Waals surface area (Å²) in [6.07, 6.45) is 0. The van der Waals surface area contributed by atoms with Gasteiger partial charge < -0.3 is 0 Å². The number of carbonyl (C=O) groups excluding carboxylic acids is 2. The van der Waals surface area contributed by atoms with E-state index in [1.807, 2.05) is 19.1 Å². The maximum Gasteiger partial charge on any atom is 0.277 e. The fraction of sp³-hybridized carbons (Fsp3) is 0.312. The number of aliphatic imine (C=N–C) groups is 1. The Morgan fingerprint density at radius 3 is 2.32 bits per heavy atom. The van der Waals surface area contributed by atoms with Crippen LogP contribution in [0, 0.1) is 6.92 Å². The molecular formula is C16H14Cl3NO2. The molecule has 116 valence electrons. The van der Waals surface area contributed by atoms with Crippen molar-refractivity contribution in [2.45, 2.75) is 31.0 Å². The van der Waals surface area contributed by atoms with Crippen LogP contribution < -0.4 is 0 Å². The predicted molar refractivity (Wildman–Crippen MR) is 90.4 cm³/mol. The lowest BCUT2D eigenvalue weighted by Gasteiger charge is -2.32. The van der Waals surface area contributed by atoms with Gasteiger partial charge in [-0.3, -0.25) is 9.59 Å². The molecule has 0 aromatic heterocycles. The number of halogens is 3. The predicted octanol–water partition coefficient (Wildman–Crippen LogP) is 4.28. The molecule has 1 aliphatic rings. The summed E-state index contributed by atoms with van der Waals surface area (Å²) in [6, 6.07) is 6.96. The molecule has 0 bridgehead atoms. The van der Waals surface area contributed by atoms with Crippen molar-refractivity contribution in [1.29, 1.82) is 0 Å². The van der Waals surface area contributed by atoms with Crippen molar-refractivity contribution in [3.63, 3.8) is 0 Å². The number of nitrogens with zero attached hydrogens (tertiary/aromatic N) is 1. The van der Waals surface area contributed by atoms with Gasteiger partial charge in [0.25, 0.3) is 5.91 Å². The molecule has 1 aliphatic carbocycles. The summed E-state index contributed by atoms with van der Waals surface area (Å²) >= 11 is 18.6. The molecular weight excluding hydrogens is 345 g/mol. The fourth-order valence-corrected chi connectivity index (χ4v) is 2.91. The molecule has 1 amide bonds. The van der Waals surface area contributed by atoms with Gasteiger partial charge in [0.05, 0.1) is 10.7 Å². The zero-order valence-corrected chi connectivity index (χ0v) is 14.6. The molecule has 0 saturated carbocycles. The van der Waals surface area contributed by atoms with Crippen molar-refractivity contribution in [3.8, 4) is 0 Å². The van der Waals surface area contributed by atoms with E-state index in [0.717, 1.165) is 5.56 Å². The Morgan fingerprint density at radius 2 is 1.77 bits per heavy atom. The number of carbonyl (C=O) groups is 2. The second-order valence-corrected chi connectivity index (χ2v) is 6.97. The van der Waals surface area contributed by atoms with Gasteiger partial charge in [-0.05, 0) is 32.9 Å². The number of rotatable bonds is 1. The molecule has 1 aromatic carbocycles. The van der Waals surface area contributed by atoms with Gasteiger partial charge in [0.15, 0.2) is 5.78 Å². The minimum Gasteiger partial charge on any atom is -0.292 e. The number of allylic oxidation sites excluding steroid dienone is 2. The first-order chi connectivity index (χ1) is 10.2. The Bertz CT molecular complexity index is 703. The monoisotopic (exact) mass is 357 g/mol. The topological polar surface area (TPSA) is 46.5 Å². The van der Waals surface area contributed by atoms with Crippen molar-refractivity contribution >= 4 is 52.2 Å². The third-order valence-corrected chi connectivity index (χ3v) is 5.20. The lowest BCUT2D eigenvalue weighted by atomic mass is 9.86. The van der Waals surface area contributed by atoms with Gasteiger partial charge in [0.2, 0.25) is 0 Å². The van der Waals surface area contributed by atoms with Crippen LogP contribution in [0.3, 0.4) is 0 Å². The van der Waals surface area contributed by atoms with Crippen LogP contribution in [0.2, 0.25) is 0 Å². The normalized spacial score (nSPS) is 27.5. The maximum absolute atomic E-state index is 12.3. The maximum atomic E-state index is 12.3. The summed E-state index contributed by atoms with van der Waals surface area (Å²) in [5, 5.41) is -0.893. The minimum atomic E-state index is -1.38. The zero-order chi connectivity index (χ0) is 16.7. The number of aryl methyl sites for hydroxylation is 1. The summed E-state index contributed by atoms with van der Waals surface area (Å²) in [7, 11) is 0. The lowest BCUT2D eigenvalue weighted by Crippen LogP contribution is -2.48. The second kappa shape index (κ2) is 6.15. The minimum absolute atomic E-state index is 0.0867. The number of amides is 1. The smallest absolute Gasteiger partial charge is 0.277 e. The van der Waals surface area contributed by atoms with Crippen LogP contribution >= 0.6 is 34.8 Å². The van der Waals surface area contributed by atoms with E-state index in [2.05, 4.69) is 4.99 Å². The first-order valence-corrected chi connectivity index (χ1v) is 7.79. The van der Waals surface area contributed by atoms with E-state index < -0.39 is 16.2 Å². The Balaban J connectivity index is 2.47. The summed E-state index contributed by atoms with van der Waals surface area (Å²) in [5.41, 5.74) is 1.83. The molecule has 0 radical (unpaired) electrons. The fourth-order valence-electron chi connectivity index (χ4n) is 2.12. The van der Waals surface area contributed by atoms with Crippen LogP contribution in [0.1, 0.15) is 29.8 Å². The van der Waals surface area contributed by atoms with Crippen LogP contribution in [0.15, 0.2) is 39.9 Å². The molecule has 22 heavy (non-hydrogen) atoms. The number of alkyl halides is 2. The van der Waals surface area contributed by atoms with Gasteiger partial charge in [0, 0.05) is 11.1 Å². The molecule has 3 nitrogen and oxygen atoms in total. The summed E-state index contributed by atoms with van der Waals surface area (Å²) in [4.78, 5) is 27.0. The average Bonchev–Trinajstić information content (AvgIpc) is 2.49. The van der Waals surface area contributed by atoms with E-state index in [4.69, 9.17) is 34.8 Å². The van der Waals surface area contributed by atoms with Crippen molar-refractivity contribution in [2.75, 3.05) is 0 Å². The number of ketones is 1. The highest BCUT2D eigenvalue weighted by atomic mass is 35.5. The van der Waals surface area contributed by atoms with Gasteiger partial charge in [0.1, 0.15) is 10.3 Å². The van der Waals surface area contributed by atoms with Crippen LogP contribution in [0.5, 0.6) is 0 Å². The van der Waals surface area contributed by atoms with E-state index in [9.17, 15) is 9.59 Å². The van der Waals surface area contributed by atoms with Gasteiger partial charge >= 0.3 is 0 Å². The van der Waals surface area contributed by atoms with Gasteiger partial charge in [-0.1, -0.05) is 29.3 Å². The lowest BCUT2D eigenvalue weighted by molar-refractivity contribution is -0.117. The Kier molecular flexibility index (Phi) is 4.81. The Labute approximate surface area is 144 Å². The van der Waals surface area contributed by atoms with Crippen LogP contribution in [0.25, 0.3) is 0 Å². The first kappa shape index (κ1) is 17.2. The van der Waals surface area contributed by atoms with E-state index in [-0.39, 0.29) is 22.1 Å². The molecule has 0 saturated heterocycles. The van der Waals surface area contributed by atoms with Crippen LogP contribution in [-0.2, 0) is 4.79 Å². The molecule has 2 unspecified atom stereocenters. The zero-order valence-electron chi connectivity index (χ0n) is 12.3. The third-order valence-electron chi connectivity index (χ3n) is 3.58. The highest BCUT2D eigenvalue weighted by Crippen LogP contribution is 2.38. The molecule has 2 atom stereocenters. The molecule has 2 rings (SSSR count). The van der Waals surface area contributed by atoms with Gasteiger partial charge in [-0.2, -0.15) is 0 Å². The van der Waals surface area contributed by atoms with E-state index in [1.54, 1.807) is 19.1 Å². The van der Waals surface area contributed by atoms with Crippen molar-refractivity contribution in [2.24, 2.45) is 4.99 Å².